The zero-order valence-corrected chi connectivity index (χ0v) is 12.7. The number of rotatable bonds is 1. The highest BCUT2D eigenvalue weighted by atomic mass is 35.5. The van der Waals surface area contributed by atoms with Crippen LogP contribution < -0.4 is 9.47 Å². The first-order chi connectivity index (χ1) is 11.4. The zero-order chi connectivity index (χ0) is 16.9. The van der Waals surface area contributed by atoms with Gasteiger partial charge in [-0.1, -0.05) is 11.6 Å². The number of halogens is 4. The van der Waals surface area contributed by atoms with E-state index in [9.17, 15) is 13.2 Å². The van der Waals surface area contributed by atoms with E-state index in [1.165, 1.54) is 0 Å². The molecule has 5 nitrogen and oxygen atoms in total. The summed E-state index contributed by atoms with van der Waals surface area (Å²) in [6, 6.07) is 5.79. The van der Waals surface area contributed by atoms with Crippen LogP contribution >= 0.6 is 11.6 Å². The molecule has 2 aromatic heterocycles. The van der Waals surface area contributed by atoms with Crippen molar-refractivity contribution >= 4 is 17.2 Å². The summed E-state index contributed by atoms with van der Waals surface area (Å²) in [7, 11) is 0. The molecule has 1 aromatic carbocycles. The van der Waals surface area contributed by atoms with Crippen molar-refractivity contribution < 1.29 is 22.6 Å². The monoisotopic (exact) mass is 355 g/mol. The number of nitrogens with zero attached hydrogens (tertiary/aromatic N) is 3. The molecule has 0 atom stereocenters. The third kappa shape index (κ3) is 2.43. The Hall–Kier alpha value is -2.48. The summed E-state index contributed by atoms with van der Waals surface area (Å²) in [4.78, 5) is 4.20. The van der Waals surface area contributed by atoms with E-state index in [-0.39, 0.29) is 16.4 Å². The molecule has 24 heavy (non-hydrogen) atoms. The van der Waals surface area contributed by atoms with E-state index in [1.54, 1.807) is 18.2 Å². The lowest BCUT2D eigenvalue weighted by Gasteiger charge is -2.19. The van der Waals surface area contributed by atoms with Crippen LogP contribution in [0.4, 0.5) is 13.2 Å². The Kier molecular flexibility index (Phi) is 3.31. The molecule has 0 fully saturated rings. The molecule has 0 saturated heterocycles. The van der Waals surface area contributed by atoms with Crippen molar-refractivity contribution in [2.75, 3.05) is 13.2 Å². The van der Waals surface area contributed by atoms with Gasteiger partial charge >= 0.3 is 6.18 Å². The van der Waals surface area contributed by atoms with E-state index in [0.717, 1.165) is 12.3 Å². The SMILES string of the molecule is FC(F)(F)c1cc(-c2ccc3c(c2)OCCO3)nc2c(Cl)cnn12. The lowest BCUT2D eigenvalue weighted by molar-refractivity contribution is -0.142. The minimum Gasteiger partial charge on any atom is -0.486 e. The first-order valence-electron chi connectivity index (χ1n) is 6.95. The molecule has 3 aromatic rings. The van der Waals surface area contributed by atoms with Crippen LogP contribution in [-0.2, 0) is 6.18 Å². The summed E-state index contributed by atoms with van der Waals surface area (Å²) in [5.41, 5.74) is -0.431. The molecule has 0 saturated carbocycles. The lowest BCUT2D eigenvalue weighted by atomic mass is 10.1. The number of alkyl halides is 3. The lowest BCUT2D eigenvalue weighted by Crippen LogP contribution is -2.15. The van der Waals surface area contributed by atoms with Crippen molar-refractivity contribution in [2.24, 2.45) is 0 Å². The van der Waals surface area contributed by atoms with Crippen LogP contribution in [-0.4, -0.2) is 27.8 Å². The van der Waals surface area contributed by atoms with Gasteiger partial charge in [-0.25, -0.2) is 9.50 Å². The average molecular weight is 356 g/mol. The second-order valence-electron chi connectivity index (χ2n) is 5.11. The van der Waals surface area contributed by atoms with Gasteiger partial charge in [0, 0.05) is 5.56 Å². The molecule has 0 amide bonds. The first kappa shape index (κ1) is 15.1. The number of ether oxygens (including phenoxy) is 2. The molecular weight excluding hydrogens is 347 g/mol. The van der Waals surface area contributed by atoms with E-state index in [2.05, 4.69) is 10.1 Å². The molecule has 0 bridgehead atoms. The minimum absolute atomic E-state index is 0.0416. The molecular formula is C15H9ClF3N3O2. The fourth-order valence-corrected chi connectivity index (χ4v) is 2.65. The van der Waals surface area contributed by atoms with Crippen LogP contribution in [0.1, 0.15) is 5.69 Å². The standard InChI is InChI=1S/C15H9ClF3N3O2/c16-9-7-20-22-13(15(17,18)19)6-10(21-14(9)22)8-1-2-11-12(5-8)24-4-3-23-11/h1-2,5-7H,3-4H2. The fraction of sp³-hybridized carbons (Fsp3) is 0.200. The fourth-order valence-electron chi connectivity index (χ4n) is 2.49. The zero-order valence-electron chi connectivity index (χ0n) is 12.0. The second kappa shape index (κ2) is 5.27. The molecule has 0 radical (unpaired) electrons. The van der Waals surface area contributed by atoms with Crippen molar-refractivity contribution in [3.63, 3.8) is 0 Å². The maximum absolute atomic E-state index is 13.3. The largest absolute Gasteiger partial charge is 0.486 e. The molecule has 0 spiro atoms. The van der Waals surface area contributed by atoms with E-state index in [0.29, 0.717) is 34.8 Å². The van der Waals surface area contributed by atoms with E-state index in [4.69, 9.17) is 21.1 Å². The normalized spacial score (nSPS) is 14.2. The predicted molar refractivity (Wildman–Crippen MR) is 79.4 cm³/mol. The number of hydrogen-bond donors (Lipinski definition) is 0. The van der Waals surface area contributed by atoms with Crippen molar-refractivity contribution in [1.29, 1.82) is 0 Å². The van der Waals surface area contributed by atoms with E-state index < -0.39 is 11.9 Å². The van der Waals surface area contributed by atoms with Gasteiger partial charge in [-0.2, -0.15) is 18.3 Å². The Labute approximate surface area is 138 Å². The predicted octanol–water partition coefficient (Wildman–Crippen LogP) is 3.84. The van der Waals surface area contributed by atoms with Crippen LogP contribution in [0, 0.1) is 0 Å². The van der Waals surface area contributed by atoms with Gasteiger partial charge in [0.25, 0.3) is 0 Å². The van der Waals surface area contributed by atoms with Gasteiger partial charge in [-0.15, -0.1) is 0 Å². The van der Waals surface area contributed by atoms with Crippen molar-refractivity contribution in [2.45, 2.75) is 6.18 Å². The van der Waals surface area contributed by atoms with Crippen LogP contribution in [0.2, 0.25) is 5.02 Å². The van der Waals surface area contributed by atoms with Crippen LogP contribution in [0.3, 0.4) is 0 Å². The van der Waals surface area contributed by atoms with Crippen molar-refractivity contribution in [3.8, 4) is 22.8 Å². The van der Waals surface area contributed by atoms with Crippen molar-refractivity contribution in [3.05, 3.63) is 41.2 Å². The highest BCUT2D eigenvalue weighted by Crippen LogP contribution is 2.37. The van der Waals surface area contributed by atoms with Gasteiger partial charge in [0.2, 0.25) is 0 Å². The Balaban J connectivity index is 1.92. The molecule has 9 heteroatoms. The quantitative estimate of drug-likeness (QED) is 0.665. The molecule has 0 aliphatic carbocycles. The Morgan fingerprint density at radius 2 is 1.83 bits per heavy atom. The van der Waals surface area contributed by atoms with Crippen LogP contribution in [0.5, 0.6) is 11.5 Å². The molecule has 0 N–H and O–H groups in total. The van der Waals surface area contributed by atoms with Crippen LogP contribution in [0.25, 0.3) is 16.9 Å². The molecule has 0 unspecified atom stereocenters. The summed E-state index contributed by atoms with van der Waals surface area (Å²) in [5, 5.41) is 3.69. The summed E-state index contributed by atoms with van der Waals surface area (Å²) < 4.78 is 51.5. The Morgan fingerprint density at radius 1 is 1.08 bits per heavy atom. The number of aromatic nitrogens is 3. The summed E-state index contributed by atoms with van der Waals surface area (Å²) in [5.74, 6) is 1.01. The molecule has 124 valence electrons. The van der Waals surface area contributed by atoms with Crippen molar-refractivity contribution in [1.82, 2.24) is 14.6 Å². The average Bonchev–Trinajstić information content (AvgIpc) is 2.94. The molecule has 1 aliphatic heterocycles. The van der Waals surface area contributed by atoms with E-state index >= 15 is 0 Å². The van der Waals surface area contributed by atoms with Gasteiger partial charge in [0.15, 0.2) is 22.8 Å². The molecule has 1 aliphatic rings. The van der Waals surface area contributed by atoms with E-state index in [1.807, 2.05) is 0 Å². The van der Waals surface area contributed by atoms with Gasteiger partial charge < -0.3 is 9.47 Å². The van der Waals surface area contributed by atoms with Gasteiger partial charge in [0.05, 0.1) is 11.9 Å². The smallest absolute Gasteiger partial charge is 0.433 e. The summed E-state index contributed by atoms with van der Waals surface area (Å²) in [6.07, 6.45) is -3.47. The highest BCUT2D eigenvalue weighted by molar-refractivity contribution is 6.33. The summed E-state index contributed by atoms with van der Waals surface area (Å²) >= 11 is 5.91. The number of fused-ring (bicyclic) bond motifs is 2. The molecule has 4 rings (SSSR count). The maximum Gasteiger partial charge on any atom is 0.433 e. The first-order valence-corrected chi connectivity index (χ1v) is 7.33. The highest BCUT2D eigenvalue weighted by Gasteiger charge is 2.35. The Morgan fingerprint density at radius 3 is 2.58 bits per heavy atom. The Bertz CT molecular complexity index is 940. The van der Waals surface area contributed by atoms with Gasteiger partial charge in [-0.05, 0) is 24.3 Å². The topological polar surface area (TPSA) is 48.7 Å². The maximum atomic E-state index is 13.3. The summed E-state index contributed by atoms with van der Waals surface area (Å²) in [6.45, 7) is 0.811. The van der Waals surface area contributed by atoms with Gasteiger partial charge in [0.1, 0.15) is 18.2 Å². The van der Waals surface area contributed by atoms with Gasteiger partial charge in [-0.3, -0.25) is 0 Å². The third-order valence-corrected chi connectivity index (χ3v) is 3.82. The number of hydrogen-bond acceptors (Lipinski definition) is 4. The van der Waals surface area contributed by atoms with Crippen LogP contribution in [0.15, 0.2) is 30.5 Å². The third-order valence-electron chi connectivity index (χ3n) is 3.56. The second-order valence-corrected chi connectivity index (χ2v) is 5.52. The minimum atomic E-state index is -4.60. The molecule has 3 heterocycles. The number of benzene rings is 1.